The van der Waals surface area contributed by atoms with Crippen molar-refractivity contribution in [2.24, 2.45) is 0 Å². The van der Waals surface area contributed by atoms with Crippen LogP contribution in [-0.2, 0) is 11.3 Å². The summed E-state index contributed by atoms with van der Waals surface area (Å²) in [6.45, 7) is 0.218. The highest BCUT2D eigenvalue weighted by atomic mass is 19.1. The lowest BCUT2D eigenvalue weighted by molar-refractivity contribution is -0.118. The van der Waals surface area contributed by atoms with Gasteiger partial charge in [0.15, 0.2) is 12.4 Å². The van der Waals surface area contributed by atoms with Crippen molar-refractivity contribution in [1.82, 2.24) is 0 Å². The average molecular weight is 376 g/mol. The number of amides is 1. The maximum atomic E-state index is 15.0. The van der Waals surface area contributed by atoms with E-state index in [4.69, 9.17) is 9.47 Å². The van der Waals surface area contributed by atoms with Crippen LogP contribution in [0.2, 0.25) is 0 Å². The molecule has 1 amide bonds. The second-order valence-corrected chi connectivity index (χ2v) is 6.47. The van der Waals surface area contributed by atoms with Crippen molar-refractivity contribution < 1.29 is 28.2 Å². The van der Waals surface area contributed by atoms with Gasteiger partial charge >= 0.3 is 0 Å². The molecule has 0 radical (unpaired) electrons. The standard InChI is InChI=1S/C19H18F2N2O4/c20-12-2-3-14-16(7-12)26-9-13(5-6-24)23(14)8-11-1-4-15-19(18(11)21)22-17(25)10-27-15/h1-4,7,13,24H,5-6,8-10H2,(H,22,25)/t13-/m0/s1. The Balaban J connectivity index is 1.70. The van der Waals surface area contributed by atoms with E-state index in [0.29, 0.717) is 23.4 Å². The van der Waals surface area contributed by atoms with E-state index in [2.05, 4.69) is 5.32 Å². The van der Waals surface area contributed by atoms with Crippen LogP contribution in [0.15, 0.2) is 30.3 Å². The van der Waals surface area contributed by atoms with Gasteiger partial charge in [-0.1, -0.05) is 6.07 Å². The number of carbonyl (C=O) groups excluding carboxylic acids is 1. The van der Waals surface area contributed by atoms with Crippen LogP contribution >= 0.6 is 0 Å². The SMILES string of the molecule is O=C1COc2ccc(CN3c4ccc(F)cc4OC[C@@H]3CCO)c(F)c2N1. The predicted octanol–water partition coefficient (Wildman–Crippen LogP) is 2.45. The minimum absolute atomic E-state index is 0.0232. The Labute approximate surface area is 154 Å². The second-order valence-electron chi connectivity index (χ2n) is 6.47. The first kappa shape index (κ1) is 17.5. The first-order valence-corrected chi connectivity index (χ1v) is 8.60. The fraction of sp³-hybridized carbons (Fsp3) is 0.316. The number of halogens is 2. The molecule has 2 aliphatic rings. The van der Waals surface area contributed by atoms with Crippen molar-refractivity contribution in [3.8, 4) is 11.5 Å². The number of anilines is 2. The Morgan fingerprint density at radius 1 is 1.19 bits per heavy atom. The molecule has 2 N–H and O–H groups in total. The van der Waals surface area contributed by atoms with E-state index < -0.39 is 17.5 Å². The van der Waals surface area contributed by atoms with E-state index >= 15 is 0 Å². The van der Waals surface area contributed by atoms with Gasteiger partial charge in [0.05, 0.1) is 11.7 Å². The van der Waals surface area contributed by atoms with E-state index in [9.17, 15) is 18.7 Å². The molecule has 2 aromatic carbocycles. The van der Waals surface area contributed by atoms with Gasteiger partial charge in [-0.25, -0.2) is 8.78 Å². The van der Waals surface area contributed by atoms with Crippen LogP contribution in [0, 0.1) is 11.6 Å². The molecule has 8 heteroatoms. The van der Waals surface area contributed by atoms with Crippen molar-refractivity contribution in [2.75, 3.05) is 30.0 Å². The van der Waals surface area contributed by atoms with Crippen molar-refractivity contribution in [3.63, 3.8) is 0 Å². The van der Waals surface area contributed by atoms with Crippen LogP contribution in [-0.4, -0.2) is 36.9 Å². The summed E-state index contributed by atoms with van der Waals surface area (Å²) in [6.07, 6.45) is 0.420. The maximum absolute atomic E-state index is 15.0. The zero-order valence-corrected chi connectivity index (χ0v) is 14.4. The third kappa shape index (κ3) is 3.28. The highest BCUT2D eigenvalue weighted by Gasteiger charge is 2.30. The van der Waals surface area contributed by atoms with Crippen LogP contribution in [0.4, 0.5) is 20.2 Å². The van der Waals surface area contributed by atoms with Gasteiger partial charge in [-0.2, -0.15) is 0 Å². The van der Waals surface area contributed by atoms with E-state index in [1.165, 1.54) is 12.1 Å². The number of hydrogen-bond donors (Lipinski definition) is 2. The average Bonchev–Trinajstić information content (AvgIpc) is 2.66. The molecule has 0 saturated carbocycles. The smallest absolute Gasteiger partial charge is 0.262 e. The fourth-order valence-electron chi connectivity index (χ4n) is 3.38. The Hall–Kier alpha value is -2.87. The second kappa shape index (κ2) is 7.03. The molecule has 0 aliphatic carbocycles. The van der Waals surface area contributed by atoms with Crippen LogP contribution < -0.4 is 19.7 Å². The first-order chi connectivity index (χ1) is 13.1. The molecule has 0 bridgehead atoms. The van der Waals surface area contributed by atoms with E-state index in [0.717, 1.165) is 0 Å². The van der Waals surface area contributed by atoms with E-state index in [1.54, 1.807) is 18.2 Å². The minimum Gasteiger partial charge on any atom is -0.489 e. The van der Waals surface area contributed by atoms with Crippen LogP contribution in [0.25, 0.3) is 0 Å². The number of fused-ring (bicyclic) bond motifs is 2. The summed E-state index contributed by atoms with van der Waals surface area (Å²) in [5.74, 6) is -0.747. The Morgan fingerprint density at radius 2 is 2.04 bits per heavy atom. The minimum atomic E-state index is -0.571. The normalized spacial score (nSPS) is 18.1. The molecular formula is C19H18F2N2O4. The molecule has 27 heavy (non-hydrogen) atoms. The largest absolute Gasteiger partial charge is 0.489 e. The molecule has 0 unspecified atom stereocenters. The molecule has 6 nitrogen and oxygen atoms in total. The summed E-state index contributed by atoms with van der Waals surface area (Å²) < 4.78 is 39.3. The molecule has 4 rings (SSSR count). The predicted molar refractivity (Wildman–Crippen MR) is 94.1 cm³/mol. The topological polar surface area (TPSA) is 71.0 Å². The molecule has 1 atom stereocenters. The highest BCUT2D eigenvalue weighted by molar-refractivity contribution is 5.95. The van der Waals surface area contributed by atoms with Gasteiger partial charge in [0, 0.05) is 24.8 Å². The molecule has 2 aliphatic heterocycles. The molecule has 2 aromatic rings. The molecule has 142 valence electrons. The van der Waals surface area contributed by atoms with Crippen molar-refractivity contribution in [3.05, 3.63) is 47.5 Å². The Morgan fingerprint density at radius 3 is 2.85 bits per heavy atom. The fourth-order valence-corrected chi connectivity index (χ4v) is 3.38. The highest BCUT2D eigenvalue weighted by Crippen LogP contribution is 2.38. The number of rotatable bonds is 4. The zero-order chi connectivity index (χ0) is 19.0. The van der Waals surface area contributed by atoms with Gasteiger partial charge in [0.2, 0.25) is 0 Å². The number of hydrogen-bond acceptors (Lipinski definition) is 5. The van der Waals surface area contributed by atoms with Gasteiger partial charge < -0.3 is 24.8 Å². The van der Waals surface area contributed by atoms with E-state index in [-0.39, 0.29) is 43.8 Å². The summed E-state index contributed by atoms with van der Waals surface area (Å²) in [7, 11) is 0. The number of benzene rings is 2. The number of aliphatic hydroxyl groups is 1. The van der Waals surface area contributed by atoms with Crippen molar-refractivity contribution in [2.45, 2.75) is 19.0 Å². The molecule has 0 saturated heterocycles. The summed E-state index contributed by atoms with van der Waals surface area (Å²) in [5.41, 5.74) is 0.994. The third-order valence-corrected chi connectivity index (χ3v) is 4.71. The van der Waals surface area contributed by atoms with Crippen LogP contribution in [0.5, 0.6) is 11.5 Å². The lowest BCUT2D eigenvalue weighted by atomic mass is 10.1. The van der Waals surface area contributed by atoms with Gasteiger partial charge in [-0.15, -0.1) is 0 Å². The third-order valence-electron chi connectivity index (χ3n) is 4.71. The number of aliphatic hydroxyl groups excluding tert-OH is 1. The number of ether oxygens (including phenoxy) is 2. The van der Waals surface area contributed by atoms with Gasteiger partial charge in [-0.3, -0.25) is 4.79 Å². The van der Waals surface area contributed by atoms with Gasteiger partial charge in [-0.05, 0) is 24.6 Å². The number of nitrogens with zero attached hydrogens (tertiary/aromatic N) is 1. The number of nitrogens with one attached hydrogen (secondary N) is 1. The summed E-state index contributed by atoms with van der Waals surface area (Å²) in [6, 6.07) is 7.19. The molecular weight excluding hydrogens is 358 g/mol. The van der Waals surface area contributed by atoms with Gasteiger partial charge in [0.1, 0.15) is 29.6 Å². The first-order valence-electron chi connectivity index (χ1n) is 8.60. The van der Waals surface area contributed by atoms with E-state index in [1.807, 2.05) is 4.90 Å². The molecule has 2 heterocycles. The molecule has 0 fully saturated rings. The van der Waals surface area contributed by atoms with Crippen LogP contribution in [0.1, 0.15) is 12.0 Å². The van der Waals surface area contributed by atoms with Crippen molar-refractivity contribution >= 4 is 17.3 Å². The summed E-state index contributed by atoms with van der Waals surface area (Å²) in [5, 5.41) is 11.9. The number of carbonyl (C=O) groups is 1. The van der Waals surface area contributed by atoms with Crippen molar-refractivity contribution in [1.29, 1.82) is 0 Å². The lowest BCUT2D eigenvalue weighted by Crippen LogP contribution is -2.43. The quantitative estimate of drug-likeness (QED) is 0.858. The van der Waals surface area contributed by atoms with Crippen LogP contribution in [0.3, 0.4) is 0 Å². The molecule has 0 aromatic heterocycles. The summed E-state index contributed by atoms with van der Waals surface area (Å²) in [4.78, 5) is 13.4. The lowest BCUT2D eigenvalue weighted by Gasteiger charge is -2.38. The zero-order valence-electron chi connectivity index (χ0n) is 14.4. The summed E-state index contributed by atoms with van der Waals surface area (Å²) >= 11 is 0. The molecule has 0 spiro atoms. The monoisotopic (exact) mass is 376 g/mol. The van der Waals surface area contributed by atoms with Gasteiger partial charge in [0.25, 0.3) is 5.91 Å². The Bertz CT molecular complexity index is 890. The Kier molecular flexibility index (Phi) is 4.57. The maximum Gasteiger partial charge on any atom is 0.262 e.